The van der Waals surface area contributed by atoms with E-state index in [0.717, 1.165) is 24.2 Å². The van der Waals surface area contributed by atoms with E-state index in [1.807, 2.05) is 50.3 Å². The molecule has 0 N–H and O–H groups in total. The molecule has 2 aliphatic rings. The third-order valence-electron chi connectivity index (χ3n) is 6.63. The Labute approximate surface area is 227 Å². The van der Waals surface area contributed by atoms with Gasteiger partial charge in [-0.2, -0.15) is 5.26 Å². The van der Waals surface area contributed by atoms with Gasteiger partial charge in [0, 0.05) is 25.2 Å². The number of pyridine rings is 1. The van der Waals surface area contributed by atoms with Crippen molar-refractivity contribution in [1.82, 2.24) is 9.47 Å². The Kier molecular flexibility index (Phi) is 8.53. The average Bonchev–Trinajstić information content (AvgIpc) is 3.12. The summed E-state index contributed by atoms with van der Waals surface area (Å²) in [5.41, 5.74) is 2.11. The second-order valence-electron chi connectivity index (χ2n) is 9.58. The van der Waals surface area contributed by atoms with Crippen LogP contribution in [0.25, 0.3) is 6.08 Å². The summed E-state index contributed by atoms with van der Waals surface area (Å²) in [4.78, 5) is 31.2. The van der Waals surface area contributed by atoms with E-state index in [1.54, 1.807) is 16.4 Å². The van der Waals surface area contributed by atoms with Crippen molar-refractivity contribution in [2.75, 3.05) is 18.0 Å². The summed E-state index contributed by atoms with van der Waals surface area (Å²) in [5, 5.41) is 9.90. The summed E-state index contributed by atoms with van der Waals surface area (Å²) in [5.74, 6) is 0.572. The van der Waals surface area contributed by atoms with E-state index >= 15 is 0 Å². The molecule has 0 spiro atoms. The number of benzene rings is 1. The molecule has 9 heteroatoms. The summed E-state index contributed by atoms with van der Waals surface area (Å²) in [6.07, 6.45) is 3.49. The van der Waals surface area contributed by atoms with Gasteiger partial charge in [0.1, 0.15) is 21.8 Å². The zero-order valence-electron chi connectivity index (χ0n) is 21.7. The van der Waals surface area contributed by atoms with Gasteiger partial charge in [0.25, 0.3) is 11.5 Å². The van der Waals surface area contributed by atoms with Crippen LogP contribution in [0.1, 0.15) is 55.9 Å². The molecule has 0 saturated carbocycles. The van der Waals surface area contributed by atoms with Crippen molar-refractivity contribution in [2.24, 2.45) is 0 Å². The molecule has 1 aromatic heterocycles. The fourth-order valence-electron chi connectivity index (χ4n) is 4.89. The number of carbonyl (C=O) groups excluding carboxylic acids is 1. The lowest BCUT2D eigenvalue weighted by atomic mass is 10.0. The van der Waals surface area contributed by atoms with Crippen LogP contribution in [0.3, 0.4) is 0 Å². The average molecular weight is 537 g/mol. The molecule has 0 bridgehead atoms. The molecule has 194 valence electrons. The second kappa shape index (κ2) is 11.6. The van der Waals surface area contributed by atoms with Crippen LogP contribution in [-0.4, -0.2) is 45.0 Å². The smallest absolute Gasteiger partial charge is 0.270 e. The molecule has 0 radical (unpaired) electrons. The van der Waals surface area contributed by atoms with E-state index in [1.165, 1.54) is 11.8 Å². The maximum Gasteiger partial charge on any atom is 0.270 e. The normalized spacial score (nSPS) is 21.1. The minimum absolute atomic E-state index is 0.0219. The van der Waals surface area contributed by atoms with Gasteiger partial charge in [-0.3, -0.25) is 19.1 Å². The van der Waals surface area contributed by atoms with Crippen molar-refractivity contribution < 1.29 is 9.53 Å². The van der Waals surface area contributed by atoms with E-state index in [-0.39, 0.29) is 29.2 Å². The van der Waals surface area contributed by atoms with Crippen LogP contribution in [-0.2, 0) is 22.6 Å². The first-order valence-corrected chi connectivity index (χ1v) is 13.8. The van der Waals surface area contributed by atoms with Crippen LogP contribution < -0.4 is 10.5 Å². The second-order valence-corrected chi connectivity index (χ2v) is 11.3. The van der Waals surface area contributed by atoms with Crippen molar-refractivity contribution in [1.29, 1.82) is 5.26 Å². The predicted molar refractivity (Wildman–Crippen MR) is 152 cm³/mol. The van der Waals surface area contributed by atoms with Gasteiger partial charge in [-0.25, -0.2) is 0 Å². The minimum Gasteiger partial charge on any atom is -0.372 e. The number of anilines is 1. The number of amides is 1. The molecule has 2 unspecified atom stereocenters. The number of nitrogens with zero attached hydrogens (tertiary/aromatic N) is 4. The van der Waals surface area contributed by atoms with Crippen LogP contribution in [0, 0.1) is 18.3 Å². The van der Waals surface area contributed by atoms with Gasteiger partial charge in [-0.15, -0.1) is 0 Å². The van der Waals surface area contributed by atoms with Gasteiger partial charge in [-0.05, 0) is 44.4 Å². The monoisotopic (exact) mass is 536 g/mol. The molecule has 2 aliphatic heterocycles. The van der Waals surface area contributed by atoms with Crippen LogP contribution in [0.2, 0.25) is 0 Å². The fraction of sp³-hybridized carbons (Fsp3) is 0.429. The Morgan fingerprint density at radius 3 is 2.49 bits per heavy atom. The Balaban J connectivity index is 1.85. The van der Waals surface area contributed by atoms with Crippen LogP contribution in [0.5, 0.6) is 0 Å². The highest BCUT2D eigenvalue weighted by atomic mass is 32.2. The lowest BCUT2D eigenvalue weighted by molar-refractivity contribution is -0.122. The Hall–Kier alpha value is -2.93. The molecule has 2 atom stereocenters. The molecule has 4 rings (SSSR count). The zero-order chi connectivity index (χ0) is 26.7. The van der Waals surface area contributed by atoms with Crippen molar-refractivity contribution in [3.8, 4) is 6.07 Å². The number of morpholine rings is 1. The lowest BCUT2D eigenvalue weighted by Gasteiger charge is -2.39. The Bertz CT molecular complexity index is 1320. The van der Waals surface area contributed by atoms with E-state index in [9.17, 15) is 14.9 Å². The maximum absolute atomic E-state index is 13.5. The number of rotatable bonds is 7. The topological polar surface area (TPSA) is 78.6 Å². The largest absolute Gasteiger partial charge is 0.372 e. The van der Waals surface area contributed by atoms with Gasteiger partial charge in [0.05, 0.1) is 23.7 Å². The summed E-state index contributed by atoms with van der Waals surface area (Å²) >= 11 is 6.83. The number of thiocarbonyl (C=S) groups is 1. The van der Waals surface area contributed by atoms with Gasteiger partial charge in [0.15, 0.2) is 0 Å². The van der Waals surface area contributed by atoms with E-state index < -0.39 is 0 Å². The molecule has 7 nitrogen and oxygen atoms in total. The van der Waals surface area contributed by atoms with Crippen molar-refractivity contribution >= 4 is 46.1 Å². The number of aromatic nitrogens is 1. The lowest BCUT2D eigenvalue weighted by Crippen LogP contribution is -2.48. The molecule has 37 heavy (non-hydrogen) atoms. The zero-order valence-corrected chi connectivity index (χ0v) is 23.3. The van der Waals surface area contributed by atoms with Gasteiger partial charge < -0.3 is 9.64 Å². The van der Waals surface area contributed by atoms with Gasteiger partial charge >= 0.3 is 0 Å². The first-order valence-electron chi connectivity index (χ1n) is 12.6. The van der Waals surface area contributed by atoms with Crippen LogP contribution in [0.15, 0.2) is 40.0 Å². The number of carbonyl (C=O) groups is 1. The summed E-state index contributed by atoms with van der Waals surface area (Å²) in [7, 11) is 0. The number of unbranched alkanes of at least 4 members (excludes halogenated alkanes) is 1. The minimum atomic E-state index is -0.288. The highest BCUT2D eigenvalue weighted by molar-refractivity contribution is 8.26. The molecule has 1 amide bonds. The summed E-state index contributed by atoms with van der Waals surface area (Å²) in [6, 6.07) is 11.9. The third kappa shape index (κ3) is 5.66. The highest BCUT2D eigenvalue weighted by Crippen LogP contribution is 2.37. The summed E-state index contributed by atoms with van der Waals surface area (Å²) < 4.78 is 8.17. The number of thioether (sulfide) groups is 1. The number of hydrogen-bond acceptors (Lipinski definition) is 7. The SMILES string of the molecule is CCCCn1c(N2CC(C)OC(C)C2)c(/C=C2\SC(=S)N(Cc3ccccc3)C2=O)c(C)c(C#N)c1=O. The molecular formula is C28H32N4O3S2. The Morgan fingerprint density at radius 1 is 1.19 bits per heavy atom. The van der Waals surface area contributed by atoms with Crippen LogP contribution >= 0.6 is 24.0 Å². The van der Waals surface area contributed by atoms with E-state index in [0.29, 0.717) is 46.5 Å². The predicted octanol–water partition coefficient (Wildman–Crippen LogP) is 4.84. The molecule has 0 aliphatic carbocycles. The number of nitriles is 1. The van der Waals surface area contributed by atoms with Crippen molar-refractivity contribution in [2.45, 2.75) is 65.8 Å². The molecule has 2 saturated heterocycles. The molecule has 3 heterocycles. The van der Waals surface area contributed by atoms with Crippen molar-refractivity contribution in [3.05, 3.63) is 67.8 Å². The highest BCUT2D eigenvalue weighted by Gasteiger charge is 2.34. The first kappa shape index (κ1) is 27.1. The standard InChI is InChI=1S/C28H32N4O3S2/c1-5-6-12-31-25(30-15-18(2)35-19(3)16-30)22(20(4)23(14-29)26(31)33)13-24-27(34)32(28(36)37-24)17-21-10-8-7-9-11-21/h7-11,13,18-19H,5-6,12,15-17H2,1-4H3/b24-13-. The molecule has 2 aromatic rings. The number of hydrogen-bond donors (Lipinski definition) is 0. The van der Waals surface area contributed by atoms with Crippen LogP contribution in [0.4, 0.5) is 5.82 Å². The molecule has 2 fully saturated rings. The molecule has 1 aromatic carbocycles. The van der Waals surface area contributed by atoms with E-state index in [2.05, 4.69) is 17.9 Å². The quantitative estimate of drug-likeness (QED) is 0.370. The van der Waals surface area contributed by atoms with Crippen molar-refractivity contribution in [3.63, 3.8) is 0 Å². The van der Waals surface area contributed by atoms with Gasteiger partial charge in [0.2, 0.25) is 0 Å². The number of ether oxygens (including phenoxy) is 1. The molecular weight excluding hydrogens is 504 g/mol. The first-order chi connectivity index (χ1) is 17.7. The Morgan fingerprint density at radius 2 is 1.86 bits per heavy atom. The van der Waals surface area contributed by atoms with E-state index in [4.69, 9.17) is 17.0 Å². The fourth-order valence-corrected chi connectivity index (χ4v) is 6.13. The summed E-state index contributed by atoms with van der Waals surface area (Å²) in [6.45, 7) is 10.00. The van der Waals surface area contributed by atoms with Gasteiger partial charge in [-0.1, -0.05) is 67.7 Å². The maximum atomic E-state index is 13.5. The third-order valence-corrected chi connectivity index (χ3v) is 8.01.